The van der Waals surface area contributed by atoms with Gasteiger partial charge >= 0.3 is 17.7 Å². The van der Waals surface area contributed by atoms with Crippen LogP contribution in [-0.4, -0.2) is 32.8 Å². The molecule has 2 rings (SSSR count). The Balaban J connectivity index is 2.63. The molecule has 1 aliphatic heterocycles. The Kier molecular flexibility index (Phi) is 4.89. The Morgan fingerprint density at radius 3 is 2.22 bits per heavy atom. The van der Waals surface area contributed by atoms with Crippen molar-refractivity contribution in [2.45, 2.75) is 50.6 Å². The molecule has 23 heavy (non-hydrogen) atoms. The average Bonchev–Trinajstić information content (AvgIpc) is 2.86. The zero-order valence-corrected chi connectivity index (χ0v) is 14.8. The second kappa shape index (κ2) is 6.39. The monoisotopic (exact) mass is 386 g/mol. The van der Waals surface area contributed by atoms with Gasteiger partial charge in [-0.05, 0) is 36.5 Å². The number of carbonyl (C=O) groups is 2. The zero-order chi connectivity index (χ0) is 17.4. The van der Waals surface area contributed by atoms with Crippen molar-refractivity contribution in [3.8, 4) is 11.5 Å². The third kappa shape index (κ3) is 2.89. The maximum absolute atomic E-state index is 11.4. The van der Waals surface area contributed by atoms with E-state index in [1.54, 1.807) is 6.07 Å². The highest BCUT2D eigenvalue weighted by Gasteiger charge is 2.58. The van der Waals surface area contributed by atoms with E-state index in [2.05, 4.69) is 15.9 Å². The molecule has 0 amide bonds. The number of halogens is 1. The van der Waals surface area contributed by atoms with Crippen LogP contribution in [0.3, 0.4) is 0 Å². The van der Waals surface area contributed by atoms with Crippen LogP contribution in [0.5, 0.6) is 11.5 Å². The molecule has 0 bridgehead atoms. The van der Waals surface area contributed by atoms with Gasteiger partial charge in [-0.2, -0.15) is 0 Å². The summed E-state index contributed by atoms with van der Waals surface area (Å²) in [7, 11) is 0. The largest absolute Gasteiger partial charge is 0.475 e. The van der Waals surface area contributed by atoms with Gasteiger partial charge in [-0.1, -0.05) is 36.7 Å². The minimum absolute atomic E-state index is 0.175. The summed E-state index contributed by atoms with van der Waals surface area (Å²) in [5.74, 6) is -5.68. The van der Waals surface area contributed by atoms with E-state index >= 15 is 0 Å². The predicted molar refractivity (Wildman–Crippen MR) is 86.5 cm³/mol. The number of ether oxygens (including phenoxy) is 2. The van der Waals surface area contributed by atoms with Gasteiger partial charge in [0.1, 0.15) is 0 Å². The number of hydrogen-bond donors (Lipinski definition) is 2. The number of rotatable bonds is 6. The summed E-state index contributed by atoms with van der Waals surface area (Å²) in [4.78, 5) is 23.0. The number of benzene rings is 1. The number of fused-ring (bicyclic) bond motifs is 1. The van der Waals surface area contributed by atoms with Gasteiger partial charge in [0, 0.05) is 10.4 Å². The molecule has 0 unspecified atom stereocenters. The van der Waals surface area contributed by atoms with Gasteiger partial charge in [0.05, 0.1) is 0 Å². The lowest BCUT2D eigenvalue weighted by molar-refractivity contribution is -0.194. The van der Waals surface area contributed by atoms with Crippen LogP contribution in [-0.2, 0) is 28.9 Å². The first kappa shape index (κ1) is 17.6. The van der Waals surface area contributed by atoms with Crippen LogP contribution in [0.15, 0.2) is 6.07 Å². The minimum atomic E-state index is -2.71. The van der Waals surface area contributed by atoms with Gasteiger partial charge in [0.2, 0.25) is 0 Å². The van der Waals surface area contributed by atoms with Gasteiger partial charge in [-0.25, -0.2) is 9.59 Å². The molecule has 1 atom stereocenters. The maximum Gasteiger partial charge on any atom is 0.453 e. The first-order valence-electron chi connectivity index (χ1n) is 7.43. The fourth-order valence-corrected chi connectivity index (χ4v) is 3.11. The molecule has 0 aliphatic carbocycles. The van der Waals surface area contributed by atoms with E-state index in [1.165, 1.54) is 0 Å². The van der Waals surface area contributed by atoms with Crippen molar-refractivity contribution in [1.82, 2.24) is 0 Å². The highest BCUT2D eigenvalue weighted by molar-refractivity contribution is 9.09. The Morgan fingerprint density at radius 2 is 1.78 bits per heavy atom. The molecule has 1 aliphatic rings. The summed E-state index contributed by atoms with van der Waals surface area (Å²) in [5, 5.41) is 18.5. The molecule has 7 heteroatoms. The van der Waals surface area contributed by atoms with Crippen molar-refractivity contribution in [2.24, 2.45) is 0 Å². The number of carboxylic acids is 2. The third-order valence-corrected chi connectivity index (χ3v) is 4.16. The lowest BCUT2D eigenvalue weighted by atomic mass is 9.93. The summed E-state index contributed by atoms with van der Waals surface area (Å²) in [6.45, 7) is 5.92. The molecule has 2 N–H and O–H groups in total. The van der Waals surface area contributed by atoms with Crippen molar-refractivity contribution in [3.05, 3.63) is 22.8 Å². The highest BCUT2D eigenvalue weighted by atomic mass is 79.9. The van der Waals surface area contributed by atoms with E-state index in [9.17, 15) is 19.8 Å². The summed E-state index contributed by atoms with van der Waals surface area (Å²) >= 11 is 3.53. The molecule has 1 aromatic rings. The van der Waals surface area contributed by atoms with Gasteiger partial charge in [-0.3, -0.25) is 0 Å². The van der Waals surface area contributed by atoms with E-state index in [4.69, 9.17) is 9.47 Å². The van der Waals surface area contributed by atoms with Crippen molar-refractivity contribution in [3.63, 3.8) is 0 Å². The lowest BCUT2D eigenvalue weighted by Gasteiger charge is -2.18. The van der Waals surface area contributed by atoms with Crippen LogP contribution in [0.25, 0.3) is 0 Å². The molecule has 0 saturated heterocycles. The Hall–Kier alpha value is -1.76. The van der Waals surface area contributed by atoms with E-state index < -0.39 is 17.7 Å². The van der Waals surface area contributed by atoms with Crippen LogP contribution in [0, 0.1) is 0 Å². The molecular formula is C16H19BrO6. The average molecular weight is 387 g/mol. The molecule has 0 radical (unpaired) electrons. The predicted octanol–water partition coefficient (Wildman–Crippen LogP) is 2.77. The Bertz CT molecular complexity index is 638. The van der Waals surface area contributed by atoms with Crippen molar-refractivity contribution in [1.29, 1.82) is 0 Å². The van der Waals surface area contributed by atoms with Gasteiger partial charge in [0.25, 0.3) is 0 Å². The minimum Gasteiger partial charge on any atom is -0.475 e. The molecule has 6 nitrogen and oxygen atoms in total. The number of hydrogen-bond acceptors (Lipinski definition) is 4. The highest BCUT2D eigenvalue weighted by Crippen LogP contribution is 2.46. The van der Waals surface area contributed by atoms with Gasteiger partial charge in [0.15, 0.2) is 11.5 Å². The smallest absolute Gasteiger partial charge is 0.453 e. The summed E-state index contributed by atoms with van der Waals surface area (Å²) in [6.07, 6.45) is 2.05. The first-order chi connectivity index (χ1) is 10.8. The van der Waals surface area contributed by atoms with Crippen LogP contribution in [0.4, 0.5) is 0 Å². The second-order valence-corrected chi connectivity index (χ2v) is 7.01. The van der Waals surface area contributed by atoms with Crippen molar-refractivity contribution >= 4 is 27.9 Å². The van der Waals surface area contributed by atoms with E-state index in [0.29, 0.717) is 6.42 Å². The zero-order valence-electron chi connectivity index (χ0n) is 13.2. The number of carboxylic acid groups (broad SMARTS) is 2. The van der Waals surface area contributed by atoms with Crippen LogP contribution in [0.2, 0.25) is 0 Å². The van der Waals surface area contributed by atoms with E-state index in [-0.39, 0.29) is 16.3 Å². The molecule has 0 saturated carbocycles. The Labute approximate surface area is 142 Å². The topological polar surface area (TPSA) is 93.1 Å². The van der Waals surface area contributed by atoms with E-state index in [0.717, 1.165) is 29.5 Å². The second-order valence-electron chi connectivity index (χ2n) is 5.44. The number of alkyl halides is 1. The molecule has 0 fully saturated rings. The molecule has 1 aromatic carbocycles. The van der Waals surface area contributed by atoms with Crippen molar-refractivity contribution in [2.75, 3.05) is 0 Å². The van der Waals surface area contributed by atoms with Crippen LogP contribution >= 0.6 is 15.9 Å². The number of aliphatic carboxylic acids is 2. The normalized spacial score (nSPS) is 16.2. The number of aryl methyl sites for hydroxylation is 1. The SMILES string of the molecule is CCc1cc2c(c(CC)c1C[C@@H](C)Br)OC(C(=O)O)(C(=O)O)O2. The lowest BCUT2D eigenvalue weighted by Crippen LogP contribution is -2.54. The van der Waals surface area contributed by atoms with Gasteiger partial charge < -0.3 is 19.7 Å². The third-order valence-electron chi connectivity index (χ3n) is 3.84. The summed E-state index contributed by atoms with van der Waals surface area (Å²) < 4.78 is 10.6. The maximum atomic E-state index is 11.4. The molecule has 0 aromatic heterocycles. The quantitative estimate of drug-likeness (QED) is 0.576. The molecule has 126 valence electrons. The molecular weight excluding hydrogens is 368 g/mol. The van der Waals surface area contributed by atoms with Crippen LogP contribution in [0.1, 0.15) is 37.5 Å². The molecule has 1 heterocycles. The summed E-state index contributed by atoms with van der Waals surface area (Å²) in [6, 6.07) is 1.69. The van der Waals surface area contributed by atoms with Crippen molar-refractivity contribution < 1.29 is 29.3 Å². The molecule has 0 spiro atoms. The fraction of sp³-hybridized carbons (Fsp3) is 0.500. The first-order valence-corrected chi connectivity index (χ1v) is 8.34. The summed E-state index contributed by atoms with van der Waals surface area (Å²) in [5.41, 5.74) is 2.85. The Morgan fingerprint density at radius 1 is 1.17 bits per heavy atom. The van der Waals surface area contributed by atoms with Crippen LogP contribution < -0.4 is 9.47 Å². The fourth-order valence-electron chi connectivity index (χ4n) is 2.79. The van der Waals surface area contributed by atoms with E-state index in [1.807, 2.05) is 20.8 Å². The van der Waals surface area contributed by atoms with Gasteiger partial charge in [-0.15, -0.1) is 0 Å². The standard InChI is InChI=1S/C16H19BrO6/c1-4-9-7-12-13(10(5-2)11(9)6-8(3)17)23-16(22-12,14(18)19)15(20)21/h7-8H,4-6H2,1-3H3,(H,18,19)(H,20,21)/t8-/m1/s1.